The van der Waals surface area contributed by atoms with Crippen LogP contribution in [0.1, 0.15) is 38.8 Å². The molecule has 4 heterocycles. The third-order valence-corrected chi connectivity index (χ3v) is 8.62. The number of hydrogen-bond donors (Lipinski definition) is 0. The molecular weight excluding hydrogens is 526 g/mol. The van der Waals surface area contributed by atoms with Gasteiger partial charge in [-0.2, -0.15) is 0 Å². The van der Waals surface area contributed by atoms with Crippen molar-refractivity contribution in [3.8, 4) is 0 Å². The summed E-state index contributed by atoms with van der Waals surface area (Å²) < 4.78 is 37.1. The minimum atomic E-state index is -0.927. The predicted molar refractivity (Wildman–Crippen MR) is 141 cm³/mol. The number of rotatable bonds is 3. The molecule has 3 aromatic rings. The van der Waals surface area contributed by atoms with Crippen molar-refractivity contribution in [2.75, 3.05) is 38.9 Å². The van der Waals surface area contributed by atoms with Crippen LogP contribution in [0.5, 0.6) is 0 Å². The van der Waals surface area contributed by atoms with E-state index >= 15 is 4.39 Å². The van der Waals surface area contributed by atoms with Crippen LogP contribution in [0.25, 0.3) is 0 Å². The molecule has 0 saturated carbocycles. The highest BCUT2D eigenvalue weighted by Crippen LogP contribution is 2.45. The fourth-order valence-electron chi connectivity index (χ4n) is 5.54. The Hall–Kier alpha value is -3.70. The van der Waals surface area contributed by atoms with Gasteiger partial charge in [-0.05, 0) is 23.3 Å². The molecule has 2 amide bonds. The highest BCUT2D eigenvalue weighted by Gasteiger charge is 2.46. The molecule has 39 heavy (non-hydrogen) atoms. The first-order valence-electron chi connectivity index (χ1n) is 12.6. The van der Waals surface area contributed by atoms with Gasteiger partial charge in [0.05, 0.1) is 25.7 Å². The van der Waals surface area contributed by atoms with Crippen LogP contribution in [0.3, 0.4) is 0 Å². The Morgan fingerprint density at radius 1 is 1.10 bits per heavy atom. The second kappa shape index (κ2) is 9.80. The molecule has 202 valence electrons. The Bertz CT molecular complexity index is 1560. The highest BCUT2D eigenvalue weighted by molar-refractivity contribution is 7.98. The maximum absolute atomic E-state index is 15.3. The van der Waals surface area contributed by atoms with Crippen molar-refractivity contribution in [2.45, 2.75) is 29.3 Å². The van der Waals surface area contributed by atoms with Crippen molar-refractivity contribution < 1.29 is 23.1 Å². The Labute approximate surface area is 227 Å². The number of morpholine rings is 1. The number of aromatic nitrogens is 1. The van der Waals surface area contributed by atoms with E-state index in [0.29, 0.717) is 12.2 Å². The van der Waals surface area contributed by atoms with Crippen molar-refractivity contribution in [3.05, 3.63) is 98.5 Å². The van der Waals surface area contributed by atoms with Crippen LogP contribution < -0.4 is 10.4 Å². The molecule has 0 unspecified atom stereocenters. The quantitative estimate of drug-likeness (QED) is 0.498. The molecule has 1 fully saturated rings. The zero-order valence-electron chi connectivity index (χ0n) is 21.4. The average Bonchev–Trinajstić information content (AvgIpc) is 3.10. The summed E-state index contributed by atoms with van der Waals surface area (Å²) in [5.74, 6) is -2.29. The number of likely N-dealkylation sites (N-methyl/N-ethyl adjacent to an activating group) is 1. The molecule has 2 atom stereocenters. The van der Waals surface area contributed by atoms with Crippen molar-refractivity contribution >= 4 is 23.6 Å². The molecule has 0 bridgehead atoms. The molecule has 3 aliphatic rings. The summed E-state index contributed by atoms with van der Waals surface area (Å²) in [6.45, 7) is 0.763. The second-order valence-electron chi connectivity index (χ2n) is 9.91. The molecule has 2 aromatic carbocycles. The number of nitrogens with zero attached hydrogens (tertiary/aromatic N) is 4. The van der Waals surface area contributed by atoms with E-state index in [1.54, 1.807) is 29.7 Å². The minimum Gasteiger partial charge on any atom is -0.375 e. The van der Waals surface area contributed by atoms with E-state index < -0.39 is 29.3 Å². The summed E-state index contributed by atoms with van der Waals surface area (Å²) >= 11 is 1.42. The topological polar surface area (TPSA) is 75.1 Å². The first kappa shape index (κ1) is 25.6. The van der Waals surface area contributed by atoms with Gasteiger partial charge in [-0.1, -0.05) is 24.3 Å². The predicted octanol–water partition coefficient (Wildman–Crippen LogP) is 2.90. The standard InChI is InChI=1S/C28H26F2N4O4S/c1-31(2)24(36)13-18-21(35)9-10-33-27(18)28(37)32-11-12-38-14-23(32)34(33)26-16-7-8-20(29)25(30)19(16)15-39-22-6-4-3-5-17(22)26/h3-10,23,26H,11-15H2,1-2H3/t23-,26+/m1/s1. The van der Waals surface area contributed by atoms with Crippen LogP contribution in [0.15, 0.2) is 58.4 Å². The molecule has 1 saturated heterocycles. The lowest BCUT2D eigenvalue weighted by Gasteiger charge is -2.51. The van der Waals surface area contributed by atoms with Gasteiger partial charge in [0.15, 0.2) is 17.1 Å². The fourth-order valence-corrected chi connectivity index (χ4v) is 6.66. The molecule has 0 N–H and O–H groups in total. The van der Waals surface area contributed by atoms with E-state index in [0.717, 1.165) is 16.5 Å². The van der Waals surface area contributed by atoms with Gasteiger partial charge in [-0.3, -0.25) is 24.1 Å². The van der Waals surface area contributed by atoms with Crippen LogP contribution in [0.2, 0.25) is 0 Å². The van der Waals surface area contributed by atoms with Crippen molar-refractivity contribution in [1.29, 1.82) is 0 Å². The monoisotopic (exact) mass is 552 g/mol. The van der Waals surface area contributed by atoms with E-state index in [9.17, 15) is 18.8 Å². The lowest BCUT2D eigenvalue weighted by Crippen LogP contribution is -2.66. The number of pyridine rings is 1. The summed E-state index contributed by atoms with van der Waals surface area (Å²) in [4.78, 5) is 43.6. The summed E-state index contributed by atoms with van der Waals surface area (Å²) in [5, 5.41) is 1.90. The first-order chi connectivity index (χ1) is 18.8. The Morgan fingerprint density at radius 3 is 2.69 bits per heavy atom. The zero-order chi connectivity index (χ0) is 27.4. The van der Waals surface area contributed by atoms with Gasteiger partial charge in [0.2, 0.25) is 5.91 Å². The number of carbonyl (C=O) groups is 2. The van der Waals surface area contributed by atoms with E-state index in [2.05, 4.69) is 0 Å². The second-order valence-corrected chi connectivity index (χ2v) is 10.9. The first-order valence-corrected chi connectivity index (χ1v) is 13.6. The summed E-state index contributed by atoms with van der Waals surface area (Å²) in [6.07, 6.45) is 0.677. The molecule has 8 nitrogen and oxygen atoms in total. The number of ether oxygens (including phenoxy) is 1. The van der Waals surface area contributed by atoms with Gasteiger partial charge in [0.25, 0.3) is 5.91 Å². The average molecular weight is 553 g/mol. The van der Waals surface area contributed by atoms with Gasteiger partial charge in [0, 0.05) is 54.7 Å². The van der Waals surface area contributed by atoms with E-state index in [1.807, 2.05) is 29.3 Å². The third kappa shape index (κ3) is 4.11. The summed E-state index contributed by atoms with van der Waals surface area (Å²) in [5.41, 5.74) is 1.42. The van der Waals surface area contributed by atoms with Crippen molar-refractivity contribution in [1.82, 2.24) is 14.5 Å². The molecule has 0 aliphatic carbocycles. The maximum Gasteiger partial charge on any atom is 0.274 e. The molecule has 6 rings (SSSR count). The van der Waals surface area contributed by atoms with E-state index in [4.69, 9.17) is 4.74 Å². The Balaban J connectivity index is 1.64. The normalized spacial score (nSPS) is 19.9. The largest absolute Gasteiger partial charge is 0.375 e. The molecule has 3 aliphatic heterocycles. The van der Waals surface area contributed by atoms with Crippen LogP contribution in [0.4, 0.5) is 8.78 Å². The van der Waals surface area contributed by atoms with Crippen molar-refractivity contribution in [2.24, 2.45) is 0 Å². The van der Waals surface area contributed by atoms with E-state index in [-0.39, 0.29) is 54.0 Å². The van der Waals surface area contributed by atoms with Gasteiger partial charge in [-0.15, -0.1) is 11.8 Å². The number of benzene rings is 2. The number of amides is 2. The fraction of sp³-hybridized carbons (Fsp3) is 0.321. The number of thioether (sulfide) groups is 1. The number of halogens is 2. The third-order valence-electron chi connectivity index (χ3n) is 7.50. The van der Waals surface area contributed by atoms with Crippen LogP contribution in [0, 0.1) is 11.6 Å². The van der Waals surface area contributed by atoms with Gasteiger partial charge < -0.3 is 14.5 Å². The smallest absolute Gasteiger partial charge is 0.274 e. The van der Waals surface area contributed by atoms with Gasteiger partial charge in [0.1, 0.15) is 11.9 Å². The summed E-state index contributed by atoms with van der Waals surface area (Å²) in [6, 6.07) is 11.0. The number of hydrogen-bond acceptors (Lipinski definition) is 6. The molecule has 11 heteroatoms. The maximum atomic E-state index is 15.3. The summed E-state index contributed by atoms with van der Waals surface area (Å²) in [7, 11) is 3.18. The molecule has 1 aromatic heterocycles. The molecule has 0 spiro atoms. The van der Waals surface area contributed by atoms with E-state index in [1.165, 1.54) is 28.9 Å². The van der Waals surface area contributed by atoms with Crippen LogP contribution >= 0.6 is 11.8 Å². The lowest BCUT2D eigenvalue weighted by molar-refractivity contribution is -0.128. The van der Waals surface area contributed by atoms with Crippen molar-refractivity contribution in [3.63, 3.8) is 0 Å². The molecule has 0 radical (unpaired) electrons. The van der Waals surface area contributed by atoms with Crippen LogP contribution in [-0.4, -0.2) is 66.3 Å². The lowest BCUT2D eigenvalue weighted by atomic mass is 9.93. The van der Waals surface area contributed by atoms with Crippen LogP contribution in [-0.2, 0) is 21.7 Å². The zero-order valence-corrected chi connectivity index (χ0v) is 22.2. The molecular formula is C28H26F2N4O4S. The Morgan fingerprint density at radius 2 is 1.90 bits per heavy atom. The highest BCUT2D eigenvalue weighted by atomic mass is 32.2. The van der Waals surface area contributed by atoms with Gasteiger partial charge >= 0.3 is 0 Å². The SMILES string of the molecule is CN(C)C(=O)Cc1c2n(ccc1=O)N([C@@H]1c3ccccc3SCc3c1ccc(F)c3F)[C@@H]1COCCN1C2=O. The number of carbonyl (C=O) groups excluding carboxylic acids is 2. The van der Waals surface area contributed by atoms with Gasteiger partial charge in [-0.25, -0.2) is 8.78 Å². The minimum absolute atomic E-state index is 0.0920. The Kier molecular flexibility index (Phi) is 6.43. The number of fused-ring (bicyclic) bond motifs is 4.